The van der Waals surface area contributed by atoms with Gasteiger partial charge in [-0.25, -0.2) is 4.79 Å². The number of carbonyl (C=O) groups is 1. The minimum absolute atomic E-state index is 0.124. The van der Waals surface area contributed by atoms with Crippen molar-refractivity contribution in [2.75, 3.05) is 13.2 Å². The van der Waals surface area contributed by atoms with Crippen molar-refractivity contribution in [1.29, 1.82) is 0 Å². The van der Waals surface area contributed by atoms with Crippen LogP contribution in [0.5, 0.6) is 0 Å². The quantitative estimate of drug-likeness (QED) is 0.819. The third-order valence-corrected chi connectivity index (χ3v) is 4.22. The van der Waals surface area contributed by atoms with Crippen LogP contribution in [0.15, 0.2) is 48.5 Å². The molecule has 0 aromatic heterocycles. The summed E-state index contributed by atoms with van der Waals surface area (Å²) in [5.74, 6) is 0. The number of carbonyl (C=O) groups excluding carboxylic acids is 1. The second-order valence-electron chi connectivity index (χ2n) is 5.30. The summed E-state index contributed by atoms with van der Waals surface area (Å²) < 4.78 is 5.23. The maximum absolute atomic E-state index is 12.3. The van der Waals surface area contributed by atoms with Crippen LogP contribution in [0, 0.1) is 0 Å². The molecule has 0 aliphatic carbocycles. The van der Waals surface area contributed by atoms with Crippen molar-refractivity contribution in [3.8, 4) is 0 Å². The molecule has 0 bridgehead atoms. The first-order chi connectivity index (χ1) is 10.7. The minimum Gasteiger partial charge on any atom is -0.450 e. The van der Waals surface area contributed by atoms with Gasteiger partial charge in [0.15, 0.2) is 0 Å². The van der Waals surface area contributed by atoms with Crippen molar-refractivity contribution in [1.82, 2.24) is 4.90 Å². The predicted molar refractivity (Wildman–Crippen MR) is 87.2 cm³/mol. The number of halogens is 1. The molecule has 1 unspecified atom stereocenters. The van der Waals surface area contributed by atoms with Crippen LogP contribution in [-0.4, -0.2) is 24.1 Å². The number of fused-ring (bicyclic) bond motifs is 1. The van der Waals surface area contributed by atoms with Gasteiger partial charge in [-0.3, -0.25) is 4.90 Å². The molecule has 4 heteroatoms. The van der Waals surface area contributed by atoms with Gasteiger partial charge in [0, 0.05) is 11.6 Å². The first-order valence-electron chi connectivity index (χ1n) is 7.47. The Morgan fingerprint density at radius 1 is 1.23 bits per heavy atom. The van der Waals surface area contributed by atoms with Gasteiger partial charge in [0.2, 0.25) is 0 Å². The molecule has 0 N–H and O–H groups in total. The fraction of sp³-hybridized carbons (Fsp3) is 0.278. The van der Waals surface area contributed by atoms with Crippen molar-refractivity contribution in [3.05, 3.63) is 70.2 Å². The van der Waals surface area contributed by atoms with Gasteiger partial charge in [-0.05, 0) is 42.2 Å². The zero-order chi connectivity index (χ0) is 15.5. The molecule has 1 heterocycles. The van der Waals surface area contributed by atoms with Crippen LogP contribution in [0.3, 0.4) is 0 Å². The molecule has 1 aliphatic rings. The molecule has 0 saturated carbocycles. The van der Waals surface area contributed by atoms with E-state index < -0.39 is 0 Å². The predicted octanol–water partition coefficient (Wildman–Crippen LogP) is 4.44. The van der Waals surface area contributed by atoms with E-state index in [1.807, 2.05) is 43.3 Å². The first-order valence-corrected chi connectivity index (χ1v) is 7.85. The standard InChI is InChI=1S/C18H18ClNO2/c1-2-22-18(21)20-12-11-13-5-3-4-6-16(13)17(20)14-7-9-15(19)10-8-14/h3-10,17H,2,11-12H2,1H3. The Morgan fingerprint density at radius 2 is 1.95 bits per heavy atom. The van der Waals surface area contributed by atoms with E-state index in [0.717, 1.165) is 17.5 Å². The van der Waals surface area contributed by atoms with E-state index in [9.17, 15) is 4.79 Å². The number of rotatable bonds is 2. The molecule has 1 aliphatic heterocycles. The van der Waals surface area contributed by atoms with Crippen LogP contribution < -0.4 is 0 Å². The molecule has 0 fully saturated rings. The summed E-state index contributed by atoms with van der Waals surface area (Å²) in [5, 5.41) is 0.690. The van der Waals surface area contributed by atoms with Crippen LogP contribution >= 0.6 is 11.6 Å². The highest BCUT2D eigenvalue weighted by Gasteiger charge is 2.32. The SMILES string of the molecule is CCOC(=O)N1CCc2ccccc2C1c1ccc(Cl)cc1. The fourth-order valence-electron chi connectivity index (χ4n) is 2.97. The van der Waals surface area contributed by atoms with Gasteiger partial charge >= 0.3 is 6.09 Å². The molecule has 0 spiro atoms. The third kappa shape index (κ3) is 2.81. The third-order valence-electron chi connectivity index (χ3n) is 3.97. The lowest BCUT2D eigenvalue weighted by Crippen LogP contribution is -2.40. The summed E-state index contributed by atoms with van der Waals surface area (Å²) in [6.45, 7) is 2.86. The summed E-state index contributed by atoms with van der Waals surface area (Å²) in [5.41, 5.74) is 3.48. The number of hydrogen-bond donors (Lipinski definition) is 0. The highest BCUT2D eigenvalue weighted by atomic mass is 35.5. The maximum atomic E-state index is 12.3. The lowest BCUT2D eigenvalue weighted by Gasteiger charge is -2.36. The fourth-order valence-corrected chi connectivity index (χ4v) is 3.10. The Balaban J connectivity index is 2.05. The summed E-state index contributed by atoms with van der Waals surface area (Å²) in [6, 6.07) is 15.8. The smallest absolute Gasteiger partial charge is 0.410 e. The Hall–Kier alpha value is -2.00. The molecule has 22 heavy (non-hydrogen) atoms. The largest absolute Gasteiger partial charge is 0.450 e. The van der Waals surface area contributed by atoms with E-state index in [0.29, 0.717) is 18.2 Å². The van der Waals surface area contributed by atoms with Crippen molar-refractivity contribution in [2.24, 2.45) is 0 Å². The van der Waals surface area contributed by atoms with E-state index in [4.69, 9.17) is 16.3 Å². The Bertz CT molecular complexity index is 669. The van der Waals surface area contributed by atoms with E-state index in [1.165, 1.54) is 5.56 Å². The van der Waals surface area contributed by atoms with Crippen LogP contribution in [0.4, 0.5) is 4.79 Å². The van der Waals surface area contributed by atoms with E-state index in [1.54, 1.807) is 4.90 Å². The van der Waals surface area contributed by atoms with Gasteiger partial charge in [0.25, 0.3) is 0 Å². The summed E-state index contributed by atoms with van der Waals surface area (Å²) in [7, 11) is 0. The Labute approximate surface area is 135 Å². The number of nitrogens with zero attached hydrogens (tertiary/aromatic N) is 1. The molecular weight excluding hydrogens is 298 g/mol. The van der Waals surface area contributed by atoms with Gasteiger partial charge in [-0.2, -0.15) is 0 Å². The van der Waals surface area contributed by atoms with Crippen molar-refractivity contribution in [3.63, 3.8) is 0 Å². The van der Waals surface area contributed by atoms with Gasteiger partial charge in [-0.1, -0.05) is 48.0 Å². The normalized spacial score (nSPS) is 17.0. The topological polar surface area (TPSA) is 29.5 Å². The molecule has 2 aromatic carbocycles. The average molecular weight is 316 g/mol. The lowest BCUT2D eigenvalue weighted by atomic mass is 9.88. The molecule has 0 radical (unpaired) electrons. The van der Waals surface area contributed by atoms with Crippen LogP contribution in [0.25, 0.3) is 0 Å². The molecule has 2 aromatic rings. The Kier molecular flexibility index (Phi) is 4.34. The van der Waals surface area contributed by atoms with Crippen molar-refractivity contribution in [2.45, 2.75) is 19.4 Å². The second kappa shape index (κ2) is 6.41. The number of amides is 1. The number of hydrogen-bond acceptors (Lipinski definition) is 2. The van der Waals surface area contributed by atoms with E-state index in [2.05, 4.69) is 12.1 Å². The van der Waals surface area contributed by atoms with Gasteiger partial charge in [-0.15, -0.1) is 0 Å². The van der Waals surface area contributed by atoms with Crippen molar-refractivity contribution < 1.29 is 9.53 Å². The van der Waals surface area contributed by atoms with Gasteiger partial charge < -0.3 is 4.74 Å². The van der Waals surface area contributed by atoms with Crippen molar-refractivity contribution >= 4 is 17.7 Å². The maximum Gasteiger partial charge on any atom is 0.410 e. The van der Waals surface area contributed by atoms with Crippen LogP contribution in [-0.2, 0) is 11.2 Å². The van der Waals surface area contributed by atoms with Crippen LogP contribution in [0.2, 0.25) is 5.02 Å². The van der Waals surface area contributed by atoms with E-state index in [-0.39, 0.29) is 12.1 Å². The number of ether oxygens (including phenoxy) is 1. The first kappa shape index (κ1) is 14.9. The minimum atomic E-state index is -0.267. The molecular formula is C18H18ClNO2. The number of benzene rings is 2. The lowest BCUT2D eigenvalue weighted by molar-refractivity contribution is 0.0937. The summed E-state index contributed by atoms with van der Waals surface area (Å²) in [4.78, 5) is 14.1. The summed E-state index contributed by atoms with van der Waals surface area (Å²) in [6.07, 6.45) is 0.580. The highest BCUT2D eigenvalue weighted by molar-refractivity contribution is 6.30. The molecule has 0 saturated heterocycles. The van der Waals surface area contributed by atoms with Gasteiger partial charge in [0.05, 0.1) is 12.6 Å². The molecule has 3 nitrogen and oxygen atoms in total. The zero-order valence-electron chi connectivity index (χ0n) is 12.5. The van der Waals surface area contributed by atoms with E-state index >= 15 is 0 Å². The molecule has 1 atom stereocenters. The molecule has 3 rings (SSSR count). The highest BCUT2D eigenvalue weighted by Crippen LogP contribution is 2.35. The molecule has 114 valence electrons. The van der Waals surface area contributed by atoms with Gasteiger partial charge in [0.1, 0.15) is 0 Å². The second-order valence-corrected chi connectivity index (χ2v) is 5.73. The molecule has 1 amide bonds. The zero-order valence-corrected chi connectivity index (χ0v) is 13.2. The Morgan fingerprint density at radius 3 is 2.68 bits per heavy atom. The van der Waals surface area contributed by atoms with Crippen LogP contribution in [0.1, 0.15) is 29.7 Å². The average Bonchev–Trinajstić information content (AvgIpc) is 2.55. The summed E-state index contributed by atoms with van der Waals surface area (Å²) >= 11 is 5.99. The monoisotopic (exact) mass is 315 g/mol.